The van der Waals surface area contributed by atoms with Gasteiger partial charge < -0.3 is 10.4 Å². The maximum absolute atomic E-state index is 13.2. The van der Waals surface area contributed by atoms with Gasteiger partial charge >= 0.3 is 6.18 Å². The number of aromatic nitrogens is 2. The first kappa shape index (κ1) is 16.6. The first-order chi connectivity index (χ1) is 10.1. The Morgan fingerprint density at radius 3 is 2.59 bits per heavy atom. The maximum atomic E-state index is 13.2. The first-order valence-corrected chi connectivity index (χ1v) is 7.08. The molecule has 0 fully saturated rings. The number of anilines is 1. The van der Waals surface area contributed by atoms with E-state index in [9.17, 15) is 18.3 Å². The van der Waals surface area contributed by atoms with Gasteiger partial charge in [-0.15, -0.1) is 0 Å². The van der Waals surface area contributed by atoms with E-state index in [1.807, 2.05) is 6.07 Å². The molecule has 1 heterocycles. The minimum atomic E-state index is -4.69. The highest BCUT2D eigenvalue weighted by Crippen LogP contribution is 2.36. The Balaban J connectivity index is 2.25. The third-order valence-electron chi connectivity index (χ3n) is 3.64. The van der Waals surface area contributed by atoms with Crippen LogP contribution in [0.25, 0.3) is 10.9 Å². The zero-order valence-corrected chi connectivity index (χ0v) is 12.8. The average molecular weight is 315 g/mol. The van der Waals surface area contributed by atoms with Crippen molar-refractivity contribution in [3.8, 4) is 0 Å². The highest BCUT2D eigenvalue weighted by Gasteiger charge is 2.53. The standard InChI is InChI=1S/C15H20F3N3O/c1-10(2)7-14(22,15(16,17)18)9-19-12-5-4-6-13-11(12)8-20-21(13)3/h4-6,8,10,19,22H,7,9H2,1-3H3. The van der Waals surface area contributed by atoms with E-state index in [1.165, 1.54) is 0 Å². The second kappa shape index (κ2) is 5.79. The van der Waals surface area contributed by atoms with Crippen LogP contribution >= 0.6 is 0 Å². The summed E-state index contributed by atoms with van der Waals surface area (Å²) in [5.41, 5.74) is -1.42. The third kappa shape index (κ3) is 3.19. The van der Waals surface area contributed by atoms with E-state index in [0.29, 0.717) is 5.69 Å². The molecule has 0 aliphatic carbocycles. The summed E-state index contributed by atoms with van der Waals surface area (Å²) >= 11 is 0. The molecule has 4 nitrogen and oxygen atoms in total. The second-order valence-electron chi connectivity index (χ2n) is 5.99. The van der Waals surface area contributed by atoms with Crippen molar-refractivity contribution in [2.24, 2.45) is 13.0 Å². The lowest BCUT2D eigenvalue weighted by Crippen LogP contribution is -2.51. The van der Waals surface area contributed by atoms with Crippen LogP contribution in [0.15, 0.2) is 24.4 Å². The summed E-state index contributed by atoms with van der Waals surface area (Å²) in [6, 6.07) is 5.25. The molecule has 2 aromatic rings. The maximum Gasteiger partial charge on any atom is 0.418 e. The van der Waals surface area contributed by atoms with Crippen molar-refractivity contribution in [1.82, 2.24) is 9.78 Å². The van der Waals surface area contributed by atoms with Crippen LogP contribution in [0, 0.1) is 5.92 Å². The summed E-state index contributed by atoms with van der Waals surface area (Å²) in [5, 5.41) is 17.6. The van der Waals surface area contributed by atoms with Crippen LogP contribution in [0.5, 0.6) is 0 Å². The van der Waals surface area contributed by atoms with Gasteiger partial charge in [0, 0.05) is 18.1 Å². The zero-order chi connectivity index (χ0) is 16.5. The van der Waals surface area contributed by atoms with E-state index in [0.717, 1.165) is 10.9 Å². The van der Waals surface area contributed by atoms with Crippen LogP contribution in [0.2, 0.25) is 0 Å². The molecule has 2 N–H and O–H groups in total. The lowest BCUT2D eigenvalue weighted by molar-refractivity contribution is -0.259. The molecule has 0 amide bonds. The molecule has 1 atom stereocenters. The van der Waals surface area contributed by atoms with Crippen LogP contribution in [0.4, 0.5) is 18.9 Å². The molecule has 1 aromatic heterocycles. The lowest BCUT2D eigenvalue weighted by Gasteiger charge is -2.32. The Morgan fingerprint density at radius 1 is 1.32 bits per heavy atom. The summed E-state index contributed by atoms with van der Waals surface area (Å²) in [6.45, 7) is 2.71. The lowest BCUT2D eigenvalue weighted by atomic mass is 9.91. The van der Waals surface area contributed by atoms with Gasteiger partial charge in [0.2, 0.25) is 0 Å². The number of alkyl halides is 3. The minimum Gasteiger partial charge on any atom is -0.381 e. The van der Waals surface area contributed by atoms with Crippen molar-refractivity contribution in [3.63, 3.8) is 0 Å². The van der Waals surface area contributed by atoms with Crippen molar-refractivity contribution in [3.05, 3.63) is 24.4 Å². The summed E-state index contributed by atoms with van der Waals surface area (Å²) in [5.74, 6) is -0.275. The normalized spacial score (nSPS) is 15.3. The van der Waals surface area contributed by atoms with E-state index in [-0.39, 0.29) is 12.3 Å². The number of hydrogen-bond acceptors (Lipinski definition) is 3. The number of benzene rings is 1. The zero-order valence-electron chi connectivity index (χ0n) is 12.8. The van der Waals surface area contributed by atoms with Gasteiger partial charge in [0.05, 0.1) is 18.3 Å². The van der Waals surface area contributed by atoms with Crippen LogP contribution in [-0.2, 0) is 7.05 Å². The molecule has 2 rings (SSSR count). The molecule has 1 aromatic carbocycles. The molecule has 7 heteroatoms. The summed E-state index contributed by atoms with van der Waals surface area (Å²) in [6.07, 6.45) is -3.45. The van der Waals surface area contributed by atoms with Gasteiger partial charge in [-0.2, -0.15) is 18.3 Å². The fraction of sp³-hybridized carbons (Fsp3) is 0.533. The van der Waals surface area contributed by atoms with E-state index in [4.69, 9.17) is 0 Å². The van der Waals surface area contributed by atoms with Gasteiger partial charge in [-0.25, -0.2) is 0 Å². The number of nitrogens with zero attached hydrogens (tertiary/aromatic N) is 2. The van der Waals surface area contributed by atoms with Crippen molar-refractivity contribution in [2.75, 3.05) is 11.9 Å². The van der Waals surface area contributed by atoms with Gasteiger partial charge in [0.25, 0.3) is 0 Å². The molecule has 0 spiro atoms. The van der Waals surface area contributed by atoms with E-state index in [1.54, 1.807) is 43.9 Å². The van der Waals surface area contributed by atoms with E-state index < -0.39 is 18.3 Å². The molecule has 0 aliphatic rings. The minimum absolute atomic E-state index is 0.275. The summed E-state index contributed by atoms with van der Waals surface area (Å²) in [7, 11) is 1.76. The summed E-state index contributed by atoms with van der Waals surface area (Å²) < 4.78 is 41.2. The largest absolute Gasteiger partial charge is 0.418 e. The van der Waals surface area contributed by atoms with Crippen LogP contribution in [0.3, 0.4) is 0 Å². The number of rotatable bonds is 5. The predicted octanol–water partition coefficient (Wildman–Crippen LogP) is 3.32. The van der Waals surface area contributed by atoms with Crippen LogP contribution < -0.4 is 5.32 Å². The van der Waals surface area contributed by atoms with Crippen molar-refractivity contribution in [1.29, 1.82) is 0 Å². The van der Waals surface area contributed by atoms with Crippen LogP contribution in [0.1, 0.15) is 20.3 Å². The number of aliphatic hydroxyl groups is 1. The Kier molecular flexibility index (Phi) is 4.37. The van der Waals surface area contributed by atoms with E-state index >= 15 is 0 Å². The van der Waals surface area contributed by atoms with Gasteiger partial charge in [0.1, 0.15) is 0 Å². The van der Waals surface area contributed by atoms with Gasteiger partial charge in [0.15, 0.2) is 5.60 Å². The number of hydrogen-bond donors (Lipinski definition) is 2. The summed E-state index contributed by atoms with van der Waals surface area (Å²) in [4.78, 5) is 0. The third-order valence-corrected chi connectivity index (χ3v) is 3.64. The fourth-order valence-electron chi connectivity index (χ4n) is 2.54. The molecular weight excluding hydrogens is 295 g/mol. The Morgan fingerprint density at radius 2 is 2.00 bits per heavy atom. The molecule has 0 radical (unpaired) electrons. The highest BCUT2D eigenvalue weighted by atomic mass is 19.4. The van der Waals surface area contributed by atoms with Gasteiger partial charge in [-0.05, 0) is 24.5 Å². The number of halogens is 3. The molecule has 22 heavy (non-hydrogen) atoms. The Hall–Kier alpha value is -1.76. The first-order valence-electron chi connectivity index (χ1n) is 7.08. The molecular formula is C15H20F3N3O. The van der Waals surface area contributed by atoms with E-state index in [2.05, 4.69) is 10.4 Å². The monoisotopic (exact) mass is 315 g/mol. The Bertz CT molecular complexity index is 651. The molecule has 1 unspecified atom stereocenters. The van der Waals surface area contributed by atoms with Crippen molar-refractivity contribution >= 4 is 16.6 Å². The topological polar surface area (TPSA) is 50.1 Å². The molecule has 122 valence electrons. The highest BCUT2D eigenvalue weighted by molar-refractivity contribution is 5.91. The van der Waals surface area contributed by atoms with Crippen molar-refractivity contribution in [2.45, 2.75) is 32.0 Å². The molecule has 0 bridgehead atoms. The van der Waals surface area contributed by atoms with Crippen molar-refractivity contribution < 1.29 is 18.3 Å². The number of aryl methyl sites for hydroxylation is 1. The second-order valence-corrected chi connectivity index (χ2v) is 5.99. The average Bonchev–Trinajstić information content (AvgIpc) is 2.77. The Labute approximate surface area is 126 Å². The SMILES string of the molecule is CC(C)CC(O)(CNc1cccc2c1cnn2C)C(F)(F)F. The molecule has 0 saturated carbocycles. The smallest absolute Gasteiger partial charge is 0.381 e. The molecule has 0 saturated heterocycles. The quantitative estimate of drug-likeness (QED) is 0.890. The van der Waals surface area contributed by atoms with Crippen LogP contribution in [-0.4, -0.2) is 33.2 Å². The van der Waals surface area contributed by atoms with Gasteiger partial charge in [-0.3, -0.25) is 4.68 Å². The molecule has 0 aliphatic heterocycles. The number of fused-ring (bicyclic) bond motifs is 1. The predicted molar refractivity (Wildman–Crippen MR) is 79.7 cm³/mol. The fourth-order valence-corrected chi connectivity index (χ4v) is 2.54. The van der Waals surface area contributed by atoms with Gasteiger partial charge in [-0.1, -0.05) is 19.9 Å². The number of nitrogens with one attached hydrogen (secondary N) is 1.